The molecule has 0 aromatic carbocycles. The van der Waals surface area contributed by atoms with Crippen LogP contribution in [0.2, 0.25) is 0 Å². The fraction of sp³-hybridized carbons (Fsp3) is 0.500. The van der Waals surface area contributed by atoms with Gasteiger partial charge in [-0.05, 0) is 0 Å². The molecule has 3 nitrogen and oxygen atoms in total. The van der Waals surface area contributed by atoms with Gasteiger partial charge in [0.25, 0.3) is 0 Å². The molecule has 0 aliphatic rings. The molecule has 0 radical (unpaired) electrons. The normalized spacial score (nSPS) is 8.92. The van der Waals surface area contributed by atoms with E-state index in [9.17, 15) is 4.79 Å². The average Bonchev–Trinajstić information content (AvgIpc) is 2.00. The van der Waals surface area contributed by atoms with E-state index in [1.54, 1.807) is 0 Å². The molecule has 0 amide bonds. The van der Waals surface area contributed by atoms with Crippen molar-refractivity contribution in [3.63, 3.8) is 0 Å². The molecule has 0 atom stereocenters. The summed E-state index contributed by atoms with van der Waals surface area (Å²) >= 11 is 7.43. The van der Waals surface area contributed by atoms with Gasteiger partial charge in [0.2, 0.25) is 0 Å². The highest BCUT2D eigenvalue weighted by Crippen LogP contribution is 2.17. The number of rotatable bonds is 4. The van der Waals surface area contributed by atoms with E-state index in [0.717, 1.165) is 0 Å². The lowest BCUT2D eigenvalue weighted by atomic mass is 10.5. The van der Waals surface area contributed by atoms with E-state index in [1.807, 2.05) is 6.07 Å². The third-order valence-corrected chi connectivity index (χ3v) is 3.36. The molecule has 0 rings (SSSR count). The molecule has 12 heavy (non-hydrogen) atoms. The van der Waals surface area contributed by atoms with Crippen LogP contribution in [-0.4, -0.2) is 26.1 Å². The SMILES string of the molecule is N#CCSC(=S)SCCC(=O)O. The minimum Gasteiger partial charge on any atom is -0.481 e. The number of nitrogens with zero attached hydrogens (tertiary/aromatic N) is 1. The van der Waals surface area contributed by atoms with Crippen molar-refractivity contribution >= 4 is 45.2 Å². The van der Waals surface area contributed by atoms with Crippen LogP contribution in [0.3, 0.4) is 0 Å². The summed E-state index contributed by atoms with van der Waals surface area (Å²) in [6, 6.07) is 1.94. The van der Waals surface area contributed by atoms with Crippen LogP contribution in [0.4, 0.5) is 0 Å². The fourth-order valence-corrected chi connectivity index (χ4v) is 2.17. The summed E-state index contributed by atoms with van der Waals surface area (Å²) < 4.78 is 0.637. The lowest BCUT2D eigenvalue weighted by Gasteiger charge is -1.97. The second kappa shape index (κ2) is 7.40. The summed E-state index contributed by atoms with van der Waals surface area (Å²) in [4.78, 5) is 10.1. The Hall–Kier alpha value is -0.250. The van der Waals surface area contributed by atoms with Crippen LogP contribution in [0.15, 0.2) is 0 Å². The van der Waals surface area contributed by atoms with Gasteiger partial charge in [-0.1, -0.05) is 24.0 Å². The summed E-state index contributed by atoms with van der Waals surface area (Å²) in [7, 11) is 0. The van der Waals surface area contributed by atoms with Gasteiger partial charge >= 0.3 is 5.97 Å². The first-order valence-corrected chi connectivity index (χ1v) is 5.43. The maximum atomic E-state index is 10.1. The van der Waals surface area contributed by atoms with Crippen molar-refractivity contribution in [2.45, 2.75) is 6.42 Å². The number of thiocarbonyl (C=S) groups is 1. The van der Waals surface area contributed by atoms with Gasteiger partial charge < -0.3 is 5.11 Å². The maximum absolute atomic E-state index is 10.1. The van der Waals surface area contributed by atoms with Gasteiger partial charge in [-0.2, -0.15) is 5.26 Å². The number of nitriles is 1. The van der Waals surface area contributed by atoms with Gasteiger partial charge in [0.05, 0.1) is 18.2 Å². The number of carbonyl (C=O) groups is 1. The second-order valence-corrected chi connectivity index (χ2v) is 4.96. The molecule has 0 bridgehead atoms. The van der Waals surface area contributed by atoms with Crippen LogP contribution < -0.4 is 0 Å². The molecule has 0 saturated carbocycles. The Morgan fingerprint density at radius 1 is 1.58 bits per heavy atom. The van der Waals surface area contributed by atoms with E-state index in [-0.39, 0.29) is 6.42 Å². The molecule has 0 aromatic heterocycles. The van der Waals surface area contributed by atoms with Crippen LogP contribution in [0.1, 0.15) is 6.42 Å². The van der Waals surface area contributed by atoms with Crippen LogP contribution in [0, 0.1) is 11.3 Å². The standard InChI is InChI=1S/C6H7NO2S3/c7-2-4-12-6(10)11-3-1-5(8)9/h1,3-4H2,(H,8,9). The third-order valence-electron chi connectivity index (χ3n) is 0.790. The zero-order valence-corrected chi connectivity index (χ0v) is 8.60. The molecule has 1 N–H and O–H groups in total. The van der Waals surface area contributed by atoms with E-state index in [4.69, 9.17) is 22.6 Å². The molecule has 0 aromatic rings. The topological polar surface area (TPSA) is 61.1 Å². The molecule has 0 saturated heterocycles. The van der Waals surface area contributed by atoms with Crippen molar-refractivity contribution in [3.8, 4) is 6.07 Å². The largest absolute Gasteiger partial charge is 0.481 e. The maximum Gasteiger partial charge on any atom is 0.304 e. The predicted molar refractivity (Wildman–Crippen MR) is 55.4 cm³/mol. The lowest BCUT2D eigenvalue weighted by molar-refractivity contribution is -0.136. The quantitative estimate of drug-likeness (QED) is 0.730. The molecular weight excluding hydrogens is 214 g/mol. The van der Waals surface area contributed by atoms with E-state index in [2.05, 4.69) is 0 Å². The Balaban J connectivity index is 3.33. The first-order chi connectivity index (χ1) is 5.66. The number of carboxylic acid groups (broad SMARTS) is 1. The van der Waals surface area contributed by atoms with Gasteiger partial charge in [-0.15, -0.1) is 11.8 Å². The first-order valence-electron chi connectivity index (χ1n) is 3.05. The molecule has 6 heteroatoms. The fourth-order valence-electron chi connectivity index (χ4n) is 0.355. The molecular formula is C6H7NO2S3. The Morgan fingerprint density at radius 3 is 2.75 bits per heavy atom. The molecule has 0 fully saturated rings. The Kier molecular flexibility index (Phi) is 7.25. The molecule has 0 heterocycles. The lowest BCUT2D eigenvalue weighted by Crippen LogP contribution is -1.97. The highest BCUT2D eigenvalue weighted by molar-refractivity contribution is 8.47. The van der Waals surface area contributed by atoms with E-state index < -0.39 is 5.97 Å². The van der Waals surface area contributed by atoms with Crippen molar-refractivity contribution in [1.29, 1.82) is 5.26 Å². The van der Waals surface area contributed by atoms with Crippen LogP contribution >= 0.6 is 35.7 Å². The van der Waals surface area contributed by atoms with Crippen molar-refractivity contribution in [2.75, 3.05) is 11.5 Å². The predicted octanol–water partition coefficient (Wildman–Crippen LogP) is 1.74. The summed E-state index contributed by atoms with van der Waals surface area (Å²) in [5.74, 6) is -0.0125. The Morgan fingerprint density at radius 2 is 2.25 bits per heavy atom. The van der Waals surface area contributed by atoms with Gasteiger partial charge in [0.1, 0.15) is 3.53 Å². The molecule has 66 valence electrons. The summed E-state index contributed by atoms with van der Waals surface area (Å²) in [6.07, 6.45) is 0.109. The zero-order valence-electron chi connectivity index (χ0n) is 6.15. The minimum atomic E-state index is -0.824. The number of thioether (sulfide) groups is 2. The highest BCUT2D eigenvalue weighted by Gasteiger charge is 2.00. The second-order valence-electron chi connectivity index (χ2n) is 1.69. The third kappa shape index (κ3) is 7.85. The molecule has 0 aliphatic carbocycles. The van der Waals surface area contributed by atoms with Gasteiger partial charge in [0.15, 0.2) is 0 Å². The molecule has 0 spiro atoms. The number of hydrogen-bond donors (Lipinski definition) is 1. The van der Waals surface area contributed by atoms with Gasteiger partial charge in [-0.3, -0.25) is 4.79 Å². The first kappa shape index (κ1) is 11.8. The summed E-state index contributed by atoms with van der Waals surface area (Å²) in [5.41, 5.74) is 0. The van der Waals surface area contributed by atoms with Crippen molar-refractivity contribution in [2.24, 2.45) is 0 Å². The van der Waals surface area contributed by atoms with Crippen LogP contribution in [-0.2, 0) is 4.79 Å². The number of carboxylic acids is 1. The van der Waals surface area contributed by atoms with Crippen LogP contribution in [0.5, 0.6) is 0 Å². The summed E-state index contributed by atoms with van der Waals surface area (Å²) in [6.45, 7) is 0. The Labute approximate surface area is 84.5 Å². The molecule has 0 aliphatic heterocycles. The molecule has 0 unspecified atom stereocenters. The minimum absolute atomic E-state index is 0.109. The highest BCUT2D eigenvalue weighted by atomic mass is 32.2. The van der Waals surface area contributed by atoms with Gasteiger partial charge in [-0.25, -0.2) is 0 Å². The van der Waals surface area contributed by atoms with E-state index >= 15 is 0 Å². The number of aliphatic carboxylic acids is 1. The van der Waals surface area contributed by atoms with Crippen molar-refractivity contribution in [3.05, 3.63) is 0 Å². The van der Waals surface area contributed by atoms with E-state index in [1.165, 1.54) is 23.5 Å². The number of hydrogen-bond acceptors (Lipinski definition) is 5. The van der Waals surface area contributed by atoms with Gasteiger partial charge in [0, 0.05) is 5.75 Å². The van der Waals surface area contributed by atoms with Crippen LogP contribution in [0.25, 0.3) is 0 Å². The monoisotopic (exact) mass is 221 g/mol. The van der Waals surface area contributed by atoms with E-state index in [0.29, 0.717) is 15.0 Å². The average molecular weight is 221 g/mol. The van der Waals surface area contributed by atoms with Crippen molar-refractivity contribution < 1.29 is 9.90 Å². The Bertz CT molecular complexity index is 211. The smallest absolute Gasteiger partial charge is 0.304 e. The zero-order chi connectivity index (χ0) is 9.40. The van der Waals surface area contributed by atoms with Crippen molar-refractivity contribution in [1.82, 2.24) is 0 Å². The summed E-state index contributed by atoms with van der Waals surface area (Å²) in [5, 5.41) is 16.5.